The van der Waals surface area contributed by atoms with E-state index in [1.54, 1.807) is 24.8 Å². The molecule has 1 aliphatic rings. The van der Waals surface area contributed by atoms with Gasteiger partial charge in [0.25, 0.3) is 0 Å². The third-order valence-electron chi connectivity index (χ3n) is 5.44. The van der Waals surface area contributed by atoms with Crippen molar-refractivity contribution in [3.05, 3.63) is 66.9 Å². The van der Waals surface area contributed by atoms with Gasteiger partial charge in [0, 0.05) is 55.1 Å². The molecule has 30 heavy (non-hydrogen) atoms. The lowest BCUT2D eigenvalue weighted by Gasteiger charge is -2.38. The van der Waals surface area contributed by atoms with E-state index in [1.807, 2.05) is 36.0 Å². The number of imidazole rings is 1. The molecule has 0 spiro atoms. The predicted molar refractivity (Wildman–Crippen MR) is 117 cm³/mol. The molecule has 0 bridgehead atoms. The van der Waals surface area contributed by atoms with Gasteiger partial charge >= 0.3 is 0 Å². The number of nitrogens with one attached hydrogen (secondary N) is 1. The zero-order valence-corrected chi connectivity index (χ0v) is 16.6. The first-order valence-electron chi connectivity index (χ1n) is 9.84. The Hall–Kier alpha value is -3.49. The third-order valence-corrected chi connectivity index (χ3v) is 5.44. The fourth-order valence-corrected chi connectivity index (χ4v) is 3.71. The molecular formula is C22H23N7O. The molecule has 1 unspecified atom stereocenters. The SMILES string of the molecule is Cn1cncc1-c1ccc2cnc(NC(O)c3ccnc(N4CC(N)C4)c3)cc2c1. The van der Waals surface area contributed by atoms with Crippen LogP contribution in [0.15, 0.2) is 61.3 Å². The summed E-state index contributed by atoms with van der Waals surface area (Å²) in [5.74, 6) is 1.42. The molecule has 1 saturated heterocycles. The lowest BCUT2D eigenvalue weighted by Crippen LogP contribution is -2.56. The zero-order chi connectivity index (χ0) is 20.7. The maximum Gasteiger partial charge on any atom is 0.152 e. The first-order valence-corrected chi connectivity index (χ1v) is 9.84. The van der Waals surface area contributed by atoms with E-state index in [9.17, 15) is 5.11 Å². The molecule has 8 heteroatoms. The lowest BCUT2D eigenvalue weighted by molar-refractivity contribution is 0.207. The van der Waals surface area contributed by atoms with Gasteiger partial charge in [-0.3, -0.25) is 0 Å². The number of benzene rings is 1. The molecule has 8 nitrogen and oxygen atoms in total. The standard InChI is InChI=1S/C22H23N7O/c1-28-13-24-10-19(28)14-2-3-16-9-26-20(7-17(16)6-14)27-22(30)15-4-5-25-21(8-15)29-11-18(23)12-29/h2-10,13,18,22,30H,11-12,23H2,1H3,(H,26,27). The molecule has 0 saturated carbocycles. The van der Waals surface area contributed by atoms with Gasteiger partial charge < -0.3 is 25.6 Å². The Kier molecular flexibility index (Phi) is 4.57. The molecule has 0 radical (unpaired) electrons. The Bertz CT molecular complexity index is 1200. The molecule has 152 valence electrons. The van der Waals surface area contributed by atoms with Crippen LogP contribution in [0.2, 0.25) is 0 Å². The summed E-state index contributed by atoms with van der Waals surface area (Å²) >= 11 is 0. The summed E-state index contributed by atoms with van der Waals surface area (Å²) in [6.07, 6.45) is 6.24. The molecule has 5 rings (SSSR count). The van der Waals surface area contributed by atoms with Crippen LogP contribution >= 0.6 is 0 Å². The Labute approximate surface area is 174 Å². The van der Waals surface area contributed by atoms with Gasteiger partial charge in [0.1, 0.15) is 11.6 Å². The molecule has 1 atom stereocenters. The van der Waals surface area contributed by atoms with Crippen molar-refractivity contribution < 1.29 is 5.11 Å². The molecule has 0 aliphatic carbocycles. The number of hydrogen-bond acceptors (Lipinski definition) is 7. The van der Waals surface area contributed by atoms with Crippen LogP contribution < -0.4 is 16.0 Å². The second kappa shape index (κ2) is 7.40. The topological polar surface area (TPSA) is 105 Å². The molecule has 1 aromatic carbocycles. The number of nitrogens with zero attached hydrogens (tertiary/aromatic N) is 5. The van der Waals surface area contributed by atoms with E-state index in [4.69, 9.17) is 5.73 Å². The van der Waals surface area contributed by atoms with E-state index in [2.05, 4.69) is 37.3 Å². The summed E-state index contributed by atoms with van der Waals surface area (Å²) in [7, 11) is 1.97. The summed E-state index contributed by atoms with van der Waals surface area (Å²) in [5.41, 5.74) is 8.70. The number of pyridine rings is 2. The largest absolute Gasteiger partial charge is 0.369 e. The molecule has 1 aliphatic heterocycles. The zero-order valence-electron chi connectivity index (χ0n) is 16.6. The van der Waals surface area contributed by atoms with Gasteiger partial charge in [-0.05, 0) is 29.7 Å². The molecule has 4 aromatic rings. The summed E-state index contributed by atoms with van der Waals surface area (Å²) in [5, 5.41) is 15.8. The second-order valence-corrected chi connectivity index (χ2v) is 7.68. The summed E-state index contributed by atoms with van der Waals surface area (Å²) in [4.78, 5) is 15.1. The maximum absolute atomic E-state index is 10.7. The Morgan fingerprint density at radius 1 is 1.10 bits per heavy atom. The molecular weight excluding hydrogens is 378 g/mol. The molecule has 4 N–H and O–H groups in total. The molecule has 4 heterocycles. The van der Waals surface area contributed by atoms with Crippen LogP contribution in [0.4, 0.5) is 11.6 Å². The van der Waals surface area contributed by atoms with Crippen LogP contribution in [0, 0.1) is 0 Å². The van der Waals surface area contributed by atoms with Gasteiger partial charge in [-0.2, -0.15) is 0 Å². The Balaban J connectivity index is 1.38. The van der Waals surface area contributed by atoms with E-state index in [-0.39, 0.29) is 6.04 Å². The minimum Gasteiger partial charge on any atom is -0.369 e. The van der Waals surface area contributed by atoms with E-state index in [1.165, 1.54) is 0 Å². The summed E-state index contributed by atoms with van der Waals surface area (Å²) in [6, 6.07) is 12.0. The van der Waals surface area contributed by atoms with Crippen molar-refractivity contribution in [1.82, 2.24) is 19.5 Å². The number of rotatable bonds is 5. The highest BCUT2D eigenvalue weighted by Crippen LogP contribution is 2.27. The van der Waals surface area contributed by atoms with Gasteiger partial charge in [-0.25, -0.2) is 15.0 Å². The van der Waals surface area contributed by atoms with Crippen molar-refractivity contribution in [3.8, 4) is 11.3 Å². The number of hydrogen-bond donors (Lipinski definition) is 3. The number of anilines is 2. The Morgan fingerprint density at radius 2 is 1.97 bits per heavy atom. The quantitative estimate of drug-likeness (QED) is 0.441. The van der Waals surface area contributed by atoms with Crippen molar-refractivity contribution in [2.24, 2.45) is 12.8 Å². The van der Waals surface area contributed by atoms with Crippen molar-refractivity contribution in [2.75, 3.05) is 23.3 Å². The normalized spacial score (nSPS) is 15.2. The van der Waals surface area contributed by atoms with Crippen molar-refractivity contribution in [1.29, 1.82) is 0 Å². The van der Waals surface area contributed by atoms with Crippen molar-refractivity contribution >= 4 is 22.4 Å². The number of nitrogens with two attached hydrogens (primary N) is 1. The van der Waals surface area contributed by atoms with E-state index in [0.29, 0.717) is 5.82 Å². The van der Waals surface area contributed by atoms with E-state index < -0.39 is 6.23 Å². The number of aryl methyl sites for hydroxylation is 1. The number of fused-ring (bicyclic) bond motifs is 1. The molecule has 0 amide bonds. The molecule has 3 aromatic heterocycles. The first kappa shape index (κ1) is 18.5. The maximum atomic E-state index is 10.7. The average molecular weight is 401 g/mol. The number of aliphatic hydroxyl groups excluding tert-OH is 1. The van der Waals surface area contributed by atoms with Crippen LogP contribution in [0.3, 0.4) is 0 Å². The third kappa shape index (κ3) is 3.47. The van der Waals surface area contributed by atoms with Gasteiger partial charge in [0.05, 0.1) is 18.2 Å². The van der Waals surface area contributed by atoms with Gasteiger partial charge in [-0.15, -0.1) is 0 Å². The highest BCUT2D eigenvalue weighted by Gasteiger charge is 2.24. The van der Waals surface area contributed by atoms with Crippen molar-refractivity contribution in [2.45, 2.75) is 12.3 Å². The van der Waals surface area contributed by atoms with E-state index in [0.717, 1.165) is 46.5 Å². The van der Waals surface area contributed by atoms with Crippen LogP contribution in [0.25, 0.3) is 22.0 Å². The minimum atomic E-state index is -0.896. The average Bonchev–Trinajstić information content (AvgIpc) is 3.17. The van der Waals surface area contributed by atoms with E-state index >= 15 is 0 Å². The van der Waals surface area contributed by atoms with Gasteiger partial charge in [0.2, 0.25) is 0 Å². The number of aliphatic hydroxyl groups is 1. The Morgan fingerprint density at radius 3 is 2.73 bits per heavy atom. The number of aromatic nitrogens is 4. The molecule has 1 fully saturated rings. The predicted octanol–water partition coefficient (Wildman–Crippen LogP) is 2.28. The van der Waals surface area contributed by atoms with Crippen molar-refractivity contribution in [3.63, 3.8) is 0 Å². The smallest absolute Gasteiger partial charge is 0.152 e. The van der Waals surface area contributed by atoms with Crippen LogP contribution in [-0.4, -0.2) is 43.8 Å². The van der Waals surface area contributed by atoms with Crippen LogP contribution in [-0.2, 0) is 7.05 Å². The summed E-state index contributed by atoms with van der Waals surface area (Å²) < 4.78 is 1.98. The van der Waals surface area contributed by atoms with Gasteiger partial charge in [0.15, 0.2) is 6.23 Å². The fraction of sp³-hybridized carbons (Fsp3) is 0.227. The highest BCUT2D eigenvalue weighted by atomic mass is 16.3. The summed E-state index contributed by atoms with van der Waals surface area (Å²) in [6.45, 7) is 1.57. The highest BCUT2D eigenvalue weighted by molar-refractivity contribution is 5.88. The first-order chi connectivity index (χ1) is 14.6. The monoisotopic (exact) mass is 401 g/mol. The van der Waals surface area contributed by atoms with Gasteiger partial charge in [-0.1, -0.05) is 12.1 Å². The second-order valence-electron chi connectivity index (χ2n) is 7.68. The fourth-order valence-electron chi connectivity index (χ4n) is 3.71. The lowest BCUT2D eigenvalue weighted by atomic mass is 10.1. The minimum absolute atomic E-state index is 0.191. The van der Waals surface area contributed by atoms with Crippen LogP contribution in [0.5, 0.6) is 0 Å². The van der Waals surface area contributed by atoms with Crippen LogP contribution in [0.1, 0.15) is 11.8 Å².